The van der Waals surface area contributed by atoms with E-state index in [1.807, 2.05) is 0 Å². The third-order valence-corrected chi connectivity index (χ3v) is 4.24. The highest BCUT2D eigenvalue weighted by Gasteiger charge is 2.27. The van der Waals surface area contributed by atoms with E-state index < -0.39 is 0 Å². The molecule has 2 aromatic rings. The normalized spacial score (nSPS) is 16.9. The van der Waals surface area contributed by atoms with Crippen LogP contribution in [0.4, 0.5) is 11.4 Å². The summed E-state index contributed by atoms with van der Waals surface area (Å²) >= 11 is 0. The molecule has 4 rings (SSSR count). The Morgan fingerprint density at radius 2 is 2.12 bits per heavy atom. The first-order valence-corrected chi connectivity index (χ1v) is 7.85. The molecule has 0 saturated carbocycles. The molecule has 0 atom stereocenters. The second kappa shape index (κ2) is 5.62. The molecule has 25 heavy (non-hydrogen) atoms. The van der Waals surface area contributed by atoms with Crippen LogP contribution in [-0.4, -0.2) is 29.4 Å². The van der Waals surface area contributed by atoms with Gasteiger partial charge in [-0.1, -0.05) is 6.07 Å². The number of carbonyl (C=O) groups excluding carboxylic acids is 3. The number of amides is 2. The van der Waals surface area contributed by atoms with Crippen LogP contribution >= 0.6 is 0 Å². The van der Waals surface area contributed by atoms with Crippen molar-refractivity contribution >= 4 is 40.8 Å². The highest BCUT2D eigenvalue weighted by atomic mass is 16.5. The van der Waals surface area contributed by atoms with Gasteiger partial charge >= 0.3 is 5.97 Å². The van der Waals surface area contributed by atoms with Crippen molar-refractivity contribution in [3.8, 4) is 0 Å². The fourth-order valence-corrected chi connectivity index (χ4v) is 3.14. The Kier molecular flexibility index (Phi) is 3.42. The zero-order chi connectivity index (χ0) is 17.6. The van der Waals surface area contributed by atoms with Gasteiger partial charge in [0.25, 0.3) is 5.91 Å². The minimum Gasteiger partial charge on any atom is -0.462 e. The third-order valence-electron chi connectivity index (χ3n) is 4.24. The van der Waals surface area contributed by atoms with E-state index in [1.165, 1.54) is 6.92 Å². The molecule has 0 bridgehead atoms. The molecule has 2 amide bonds. The van der Waals surface area contributed by atoms with Crippen molar-refractivity contribution in [3.63, 3.8) is 0 Å². The molecule has 0 spiro atoms. The number of hydrogen-bond acceptors (Lipinski definition) is 4. The van der Waals surface area contributed by atoms with Crippen LogP contribution in [0.3, 0.4) is 0 Å². The summed E-state index contributed by atoms with van der Waals surface area (Å²) in [6.45, 7) is 1.76. The van der Waals surface area contributed by atoms with E-state index in [0.29, 0.717) is 35.5 Å². The maximum atomic E-state index is 12.4. The average molecular weight is 337 g/mol. The van der Waals surface area contributed by atoms with Gasteiger partial charge in [0.15, 0.2) is 0 Å². The zero-order valence-electron chi connectivity index (χ0n) is 13.4. The van der Waals surface area contributed by atoms with E-state index >= 15 is 0 Å². The van der Waals surface area contributed by atoms with E-state index in [4.69, 9.17) is 4.74 Å². The van der Waals surface area contributed by atoms with Gasteiger partial charge < -0.3 is 20.4 Å². The summed E-state index contributed by atoms with van der Waals surface area (Å²) in [5.74, 6) is -0.750. The molecule has 2 aliphatic heterocycles. The number of fused-ring (bicyclic) bond motifs is 2. The Morgan fingerprint density at radius 3 is 2.92 bits per heavy atom. The number of hydrogen-bond donors (Lipinski definition) is 3. The number of nitrogens with one attached hydrogen (secondary N) is 3. The smallest absolute Gasteiger partial charge is 0.339 e. The van der Waals surface area contributed by atoms with Crippen molar-refractivity contribution in [2.75, 3.05) is 17.2 Å². The lowest BCUT2D eigenvalue weighted by Crippen LogP contribution is -2.16. The van der Waals surface area contributed by atoms with Crippen molar-refractivity contribution in [2.24, 2.45) is 0 Å². The fraction of sp³-hybridized carbons (Fsp3) is 0.167. The number of anilines is 2. The van der Waals surface area contributed by atoms with Crippen molar-refractivity contribution in [3.05, 3.63) is 46.8 Å². The monoisotopic (exact) mass is 337 g/mol. The summed E-state index contributed by atoms with van der Waals surface area (Å²) in [6, 6.07) is 5.25. The Hall–Kier alpha value is -3.35. The molecule has 0 fully saturated rings. The zero-order valence-corrected chi connectivity index (χ0v) is 13.4. The molecule has 7 heteroatoms. The second-order valence-corrected chi connectivity index (χ2v) is 5.93. The first-order valence-electron chi connectivity index (χ1n) is 7.85. The summed E-state index contributed by atoms with van der Waals surface area (Å²) in [4.78, 5) is 38.3. The number of aromatic amines is 1. The number of aromatic nitrogens is 1. The molecular weight excluding hydrogens is 322 g/mol. The Morgan fingerprint density at radius 1 is 1.28 bits per heavy atom. The van der Waals surface area contributed by atoms with E-state index in [1.54, 1.807) is 30.5 Å². The highest BCUT2D eigenvalue weighted by Crippen LogP contribution is 2.35. The van der Waals surface area contributed by atoms with Gasteiger partial charge in [-0.05, 0) is 23.8 Å². The first kappa shape index (κ1) is 15.2. The fourth-order valence-electron chi connectivity index (χ4n) is 3.14. The van der Waals surface area contributed by atoms with Crippen LogP contribution in [0.2, 0.25) is 0 Å². The van der Waals surface area contributed by atoms with Gasteiger partial charge in [-0.15, -0.1) is 0 Å². The van der Waals surface area contributed by atoms with Gasteiger partial charge in [0.2, 0.25) is 5.91 Å². The Balaban J connectivity index is 1.73. The average Bonchev–Trinajstić information content (AvgIpc) is 3.10. The van der Waals surface area contributed by atoms with Gasteiger partial charge in [-0.3, -0.25) is 9.59 Å². The first-order chi connectivity index (χ1) is 12.0. The number of esters is 1. The molecule has 0 aliphatic carbocycles. The lowest BCUT2D eigenvalue weighted by molar-refractivity contribution is -0.114. The molecule has 7 nitrogen and oxygen atoms in total. The van der Waals surface area contributed by atoms with E-state index in [-0.39, 0.29) is 17.8 Å². The molecule has 1 aromatic carbocycles. The summed E-state index contributed by atoms with van der Waals surface area (Å²) in [5.41, 5.74) is 4.62. The summed E-state index contributed by atoms with van der Waals surface area (Å²) in [6.07, 6.45) is 3.97. The Bertz CT molecular complexity index is 955. The van der Waals surface area contributed by atoms with Crippen LogP contribution in [0, 0.1) is 0 Å². The molecule has 2 aliphatic rings. The topological polar surface area (TPSA) is 100 Å². The molecule has 3 N–H and O–H groups in total. The van der Waals surface area contributed by atoms with Crippen molar-refractivity contribution in [1.82, 2.24) is 4.98 Å². The van der Waals surface area contributed by atoms with Crippen LogP contribution in [0.25, 0.3) is 11.6 Å². The molecule has 1 aromatic heterocycles. The lowest BCUT2D eigenvalue weighted by Gasteiger charge is -2.12. The number of rotatable bonds is 2. The molecule has 3 heterocycles. The number of H-pyrrole nitrogens is 1. The Labute approximate surface area is 143 Å². The minimum absolute atomic E-state index is 0.176. The molecule has 0 saturated heterocycles. The second-order valence-electron chi connectivity index (χ2n) is 5.93. The third kappa shape index (κ3) is 2.59. The minimum atomic E-state index is -0.349. The maximum Gasteiger partial charge on any atom is 0.339 e. The maximum absolute atomic E-state index is 12.4. The summed E-state index contributed by atoms with van der Waals surface area (Å²) in [7, 11) is 0. The molecule has 0 radical (unpaired) electrons. The molecule has 0 unspecified atom stereocenters. The van der Waals surface area contributed by atoms with Gasteiger partial charge in [-0.2, -0.15) is 0 Å². The van der Waals surface area contributed by atoms with Crippen LogP contribution in [-0.2, 0) is 20.7 Å². The van der Waals surface area contributed by atoms with Gasteiger partial charge in [-0.25, -0.2) is 4.79 Å². The number of carbonyl (C=O) groups is 3. The van der Waals surface area contributed by atoms with E-state index in [0.717, 1.165) is 16.8 Å². The van der Waals surface area contributed by atoms with Crippen LogP contribution in [0.15, 0.2) is 24.4 Å². The van der Waals surface area contributed by atoms with Gasteiger partial charge in [0.05, 0.1) is 23.4 Å². The molecule has 126 valence electrons. The van der Waals surface area contributed by atoms with Crippen LogP contribution < -0.4 is 10.6 Å². The predicted octanol–water partition coefficient (Wildman–Crippen LogP) is 2.18. The van der Waals surface area contributed by atoms with Crippen LogP contribution in [0.5, 0.6) is 0 Å². The van der Waals surface area contributed by atoms with Crippen molar-refractivity contribution in [2.45, 2.75) is 13.3 Å². The lowest BCUT2D eigenvalue weighted by atomic mass is 10.0. The van der Waals surface area contributed by atoms with E-state index in [9.17, 15) is 14.4 Å². The SMILES string of the molecule is CC(=O)Nc1ccc2c(c1)NC(=O)C2=Cc1[nH]cc2c1CCOC2=O. The van der Waals surface area contributed by atoms with Gasteiger partial charge in [0.1, 0.15) is 0 Å². The van der Waals surface area contributed by atoms with Crippen molar-refractivity contribution < 1.29 is 19.1 Å². The number of benzene rings is 1. The van der Waals surface area contributed by atoms with Crippen LogP contribution in [0.1, 0.15) is 34.1 Å². The molecular formula is C18H15N3O4. The predicted molar refractivity (Wildman–Crippen MR) is 92.0 cm³/mol. The largest absolute Gasteiger partial charge is 0.462 e. The highest BCUT2D eigenvalue weighted by molar-refractivity contribution is 6.35. The summed E-state index contributed by atoms with van der Waals surface area (Å²) < 4.78 is 5.02. The van der Waals surface area contributed by atoms with Gasteiger partial charge in [0, 0.05) is 36.5 Å². The summed E-state index contributed by atoms with van der Waals surface area (Å²) in [5, 5.41) is 5.49. The standard InChI is InChI=1S/C18H15N3O4/c1-9(22)20-10-2-3-11-13(17(23)21-16(11)6-10)7-15-12-4-5-25-18(24)14(12)8-19-15/h2-3,6-8,19H,4-5H2,1H3,(H,20,22)(H,21,23). The number of cyclic esters (lactones) is 1. The van der Waals surface area contributed by atoms with Crippen molar-refractivity contribution in [1.29, 1.82) is 0 Å². The quantitative estimate of drug-likeness (QED) is 0.577. The number of ether oxygens (including phenoxy) is 1. The van der Waals surface area contributed by atoms with E-state index in [2.05, 4.69) is 15.6 Å².